The van der Waals surface area contributed by atoms with Crippen LogP contribution in [0.5, 0.6) is 0 Å². The minimum absolute atomic E-state index is 0.0541. The minimum Gasteiger partial charge on any atom is -0.394 e. The van der Waals surface area contributed by atoms with Crippen LogP contribution >= 0.6 is 0 Å². The number of amides is 1. The molecule has 1 amide bonds. The normalized spacial score (nSPS) is 22.0. The van der Waals surface area contributed by atoms with Gasteiger partial charge in [0.1, 0.15) is 62.7 Å². The molecule has 9 atom stereocenters. The number of aliphatic hydroxyl groups excluding tert-OH is 2. The number of nitrogen functional groups attached to an aromatic ring is 2. The van der Waals surface area contributed by atoms with E-state index in [1.807, 2.05) is 20.8 Å². The topological polar surface area (TPSA) is 454 Å². The first-order chi connectivity index (χ1) is 36.2. The van der Waals surface area contributed by atoms with Crippen LogP contribution in [0.3, 0.4) is 0 Å². The number of carbonyl (C=O) groups excluding carboxylic acids is 1. The molecule has 9 N–H and O–H groups in total. The van der Waals surface area contributed by atoms with E-state index >= 15 is 0 Å². The molecular weight excluding hydrogens is 987 g/mol. The summed E-state index contributed by atoms with van der Waals surface area (Å²) in [5, 5.41) is 31.3. The van der Waals surface area contributed by atoms with E-state index in [4.69, 9.17) is 62.2 Å². The van der Waals surface area contributed by atoms with Gasteiger partial charge in [0.2, 0.25) is 5.91 Å². The number of rotatable bonds is 16. The molecule has 0 aliphatic carbocycles. The van der Waals surface area contributed by atoms with Gasteiger partial charge in [0.25, 0.3) is 0 Å². The molecule has 0 bridgehead atoms. The Morgan fingerprint density at radius 1 is 0.680 bits per heavy atom. The van der Waals surface area contributed by atoms with Crippen molar-refractivity contribution in [2.75, 3.05) is 56.7 Å². The Kier molecular flexibility index (Phi) is 24.5. The van der Waals surface area contributed by atoms with Crippen molar-refractivity contribution in [1.29, 1.82) is 0 Å². The highest BCUT2D eigenvalue weighted by molar-refractivity contribution is 5.88. The van der Waals surface area contributed by atoms with Crippen LogP contribution in [0, 0.1) is 35.5 Å². The fourth-order valence-electron chi connectivity index (χ4n) is 7.41. The third-order valence-electron chi connectivity index (χ3n) is 10.8. The highest BCUT2D eigenvalue weighted by Crippen LogP contribution is 2.33. The first-order valence-electron chi connectivity index (χ1n) is 23.1. The molecule has 75 heavy (non-hydrogen) atoms. The molecule has 0 saturated carbocycles. The number of nitrogens with zero attached hydrogens (tertiary/aromatic N) is 15. The van der Waals surface area contributed by atoms with Gasteiger partial charge < -0.3 is 61.2 Å². The molecule has 400 valence electrons. The monoisotopic (exact) mass is 1040 g/mol. The lowest BCUT2D eigenvalue weighted by atomic mass is 10.1. The highest BCUT2D eigenvalue weighted by Gasteiger charge is 2.39. The van der Waals surface area contributed by atoms with Crippen LogP contribution in [0.15, 0.2) is 48.3 Å². The molecule has 31 heteroatoms. The molecule has 3 aliphatic rings. The summed E-state index contributed by atoms with van der Waals surface area (Å²) in [6.07, 6.45) is 2.46. The lowest BCUT2D eigenvalue weighted by Crippen LogP contribution is -2.29. The lowest BCUT2D eigenvalue weighted by molar-refractivity contribution is -0.114. The minimum atomic E-state index is -0.744. The van der Waals surface area contributed by atoms with Crippen LogP contribution < -0.4 is 39.6 Å². The molecule has 6 rings (SSSR count). The van der Waals surface area contributed by atoms with Crippen molar-refractivity contribution in [3.05, 3.63) is 98.1 Å². The molecule has 0 spiro atoms. The quantitative estimate of drug-likeness (QED) is 0.0516. The van der Waals surface area contributed by atoms with E-state index in [0.29, 0.717) is 48.8 Å². The molecule has 3 fully saturated rings. The van der Waals surface area contributed by atoms with Gasteiger partial charge in [-0.2, -0.15) is 15.0 Å². The standard InChI is InChI=1S/C16H20N6O5.C14H19N7O3.C14H18N6O4/c1-3-4-5-11-7-22(16(25)20-15(11)19-10(2)24)14-6-12(13(8-23)27-14)26-9-18-21-17;1-2-10-11(23-8-18-20-17)6-12(24-10)21-7-9(4-3-5-15)13(16)19-14(21)22;1-2-3-4-9-6-20(14(22)18-13(9)15)12-5-10(11(7-21)24-12)23-8-17-19-16/h7,12-14,23H,3,6,8-9H2,1-2H3,(H,19,20,24,25);7,10-12H,2,5-6,8,15H2,1H3,(H2,16,19,22);6,10-12,21H,2,5,7-8H2,1H3,(H2,15,18,22). The van der Waals surface area contributed by atoms with Gasteiger partial charge >= 0.3 is 17.1 Å². The number of azide groups is 3. The number of ether oxygens (including phenoxy) is 6. The van der Waals surface area contributed by atoms with Crippen molar-refractivity contribution >= 4 is 23.4 Å². The van der Waals surface area contributed by atoms with Gasteiger partial charge in [-0.1, -0.05) is 71.6 Å². The maximum atomic E-state index is 12.4. The van der Waals surface area contributed by atoms with Gasteiger partial charge in [0.15, 0.2) is 5.82 Å². The summed E-state index contributed by atoms with van der Waals surface area (Å²) >= 11 is 0. The maximum absolute atomic E-state index is 12.4. The van der Waals surface area contributed by atoms with E-state index in [1.54, 1.807) is 0 Å². The summed E-state index contributed by atoms with van der Waals surface area (Å²) in [5.74, 6) is 16.7. The van der Waals surface area contributed by atoms with Crippen molar-refractivity contribution in [3.8, 4) is 35.5 Å². The number of anilines is 3. The fourth-order valence-corrected chi connectivity index (χ4v) is 7.41. The van der Waals surface area contributed by atoms with E-state index < -0.39 is 60.2 Å². The third kappa shape index (κ3) is 17.3. The SMILES string of the molecule is CCC#Cc1cn(C2CC(OCN=[N+]=[N-])C(CO)O2)c(=O)nc1N.CCC#Cc1cn(C2CC(OCN=[N+]=[N-])C(CO)O2)c(=O)nc1NC(C)=O.CCC1OC(n2cc(C#CCN)c(N)nc2=O)CC1OCN=[N+]=[N-]. The van der Waals surface area contributed by atoms with Crippen molar-refractivity contribution in [1.82, 2.24) is 28.7 Å². The van der Waals surface area contributed by atoms with Gasteiger partial charge in [-0.25, -0.2) is 14.4 Å². The Balaban J connectivity index is 0.000000244. The number of nitrogens with two attached hydrogens (primary N) is 3. The number of hydrogen-bond acceptors (Lipinski definition) is 21. The van der Waals surface area contributed by atoms with E-state index in [2.05, 4.69) is 85.9 Å². The fraction of sp³-hybridized carbons (Fsp3) is 0.568. The third-order valence-corrected chi connectivity index (χ3v) is 10.8. The molecule has 3 aliphatic heterocycles. The zero-order valence-electron chi connectivity index (χ0n) is 41.3. The van der Waals surface area contributed by atoms with E-state index in [-0.39, 0.29) is 81.9 Å². The Hall–Kier alpha value is -8.04. The first kappa shape index (κ1) is 59.5. The van der Waals surface area contributed by atoms with Crippen LogP contribution in [0.25, 0.3) is 31.3 Å². The van der Waals surface area contributed by atoms with Crippen molar-refractivity contribution in [2.24, 2.45) is 21.1 Å². The maximum Gasteiger partial charge on any atom is 0.351 e. The number of aliphatic hydroxyl groups is 2. The van der Waals surface area contributed by atoms with Gasteiger partial charge in [0, 0.05) is 72.4 Å². The largest absolute Gasteiger partial charge is 0.394 e. The second-order valence-corrected chi connectivity index (χ2v) is 15.7. The predicted molar refractivity (Wildman–Crippen MR) is 266 cm³/mol. The summed E-state index contributed by atoms with van der Waals surface area (Å²) in [6.45, 7) is 6.08. The van der Waals surface area contributed by atoms with Crippen LogP contribution in [-0.2, 0) is 33.2 Å². The first-order valence-corrected chi connectivity index (χ1v) is 23.1. The van der Waals surface area contributed by atoms with Gasteiger partial charge in [0.05, 0.1) is 60.9 Å². The smallest absolute Gasteiger partial charge is 0.351 e. The molecule has 3 saturated heterocycles. The molecule has 0 radical (unpaired) electrons. The number of carbonyl (C=O) groups is 1. The second-order valence-electron chi connectivity index (χ2n) is 15.7. The van der Waals surface area contributed by atoms with E-state index in [9.17, 15) is 29.4 Å². The summed E-state index contributed by atoms with van der Waals surface area (Å²) in [7, 11) is 0. The van der Waals surface area contributed by atoms with Gasteiger partial charge in [-0.15, -0.1) is 0 Å². The van der Waals surface area contributed by atoms with E-state index in [0.717, 1.165) is 0 Å². The zero-order valence-corrected chi connectivity index (χ0v) is 41.3. The van der Waals surface area contributed by atoms with Gasteiger partial charge in [-0.05, 0) is 23.0 Å². The second kappa shape index (κ2) is 30.9. The Labute approximate surface area is 427 Å². The number of hydrogen-bond donors (Lipinski definition) is 6. The molecule has 0 aromatic carbocycles. The predicted octanol–water partition coefficient (Wildman–Crippen LogP) is 1.90. The molecular formula is C44H57N19O12. The van der Waals surface area contributed by atoms with Crippen LogP contribution in [0.4, 0.5) is 17.5 Å². The van der Waals surface area contributed by atoms with Crippen molar-refractivity contribution in [3.63, 3.8) is 0 Å². The van der Waals surface area contributed by atoms with Crippen LogP contribution in [-0.4, -0.2) is 121 Å². The van der Waals surface area contributed by atoms with Crippen molar-refractivity contribution < 1.29 is 43.4 Å². The van der Waals surface area contributed by atoms with E-state index in [1.165, 1.54) is 39.2 Å². The Morgan fingerprint density at radius 3 is 1.43 bits per heavy atom. The summed E-state index contributed by atoms with van der Waals surface area (Å²) in [6, 6.07) is 0. The van der Waals surface area contributed by atoms with Gasteiger partial charge in [-0.3, -0.25) is 18.5 Å². The molecule has 31 nitrogen and oxygen atoms in total. The molecule has 3 aromatic heterocycles. The zero-order chi connectivity index (χ0) is 54.9. The average Bonchev–Trinajstić information content (AvgIpc) is 4.13. The summed E-state index contributed by atoms with van der Waals surface area (Å²) in [4.78, 5) is 67.2. The summed E-state index contributed by atoms with van der Waals surface area (Å²) < 4.78 is 37.3. The lowest BCUT2D eigenvalue weighted by Gasteiger charge is -2.16. The Bertz CT molecular complexity index is 2840. The Morgan fingerprint density at radius 2 is 1.05 bits per heavy atom. The average molecular weight is 1040 g/mol. The molecule has 9 unspecified atom stereocenters. The molecule has 3 aromatic rings. The highest BCUT2D eigenvalue weighted by atomic mass is 16.6. The number of aromatic nitrogens is 6. The summed E-state index contributed by atoms with van der Waals surface area (Å²) in [5.41, 5.74) is 41.2. The molecule has 6 heterocycles. The van der Waals surface area contributed by atoms with Crippen LogP contribution in [0.1, 0.15) is 102 Å². The van der Waals surface area contributed by atoms with Crippen LogP contribution in [0.2, 0.25) is 0 Å². The van der Waals surface area contributed by atoms with Crippen molar-refractivity contribution in [2.45, 2.75) is 122 Å². The number of nitrogens with one attached hydrogen (secondary N) is 1.